The molecule has 1 saturated heterocycles. The normalized spacial score (nSPS) is 23.4. The van der Waals surface area contributed by atoms with Gasteiger partial charge in [-0.3, -0.25) is 4.79 Å². The van der Waals surface area contributed by atoms with Crippen LogP contribution in [0.2, 0.25) is 0 Å². The van der Waals surface area contributed by atoms with Crippen molar-refractivity contribution in [2.24, 2.45) is 11.7 Å². The monoisotopic (exact) mass is 268 g/mol. The molecule has 0 spiro atoms. The van der Waals surface area contributed by atoms with Crippen LogP contribution < -0.4 is 11.1 Å². The maximum absolute atomic E-state index is 12.3. The van der Waals surface area contributed by atoms with Crippen molar-refractivity contribution in [3.8, 4) is 0 Å². The van der Waals surface area contributed by atoms with Gasteiger partial charge in [0.25, 0.3) is 5.91 Å². The Hall–Kier alpha value is -1.14. The number of hydrogen-bond donors (Lipinski definition) is 2. The van der Waals surface area contributed by atoms with Crippen LogP contribution in [0.25, 0.3) is 0 Å². The van der Waals surface area contributed by atoms with Crippen LogP contribution in [0.15, 0.2) is 5.38 Å². The number of likely N-dealkylation sites (tertiary alicyclic amines) is 1. The summed E-state index contributed by atoms with van der Waals surface area (Å²) in [5.41, 5.74) is 6.60. The molecule has 1 fully saturated rings. The van der Waals surface area contributed by atoms with Gasteiger partial charge >= 0.3 is 0 Å². The molecule has 3 N–H and O–H groups in total. The van der Waals surface area contributed by atoms with Gasteiger partial charge in [-0.1, -0.05) is 13.3 Å². The fraction of sp³-hybridized carbons (Fsp3) is 0.667. The molecule has 0 unspecified atom stereocenters. The Morgan fingerprint density at radius 1 is 1.67 bits per heavy atom. The molecule has 2 heterocycles. The van der Waals surface area contributed by atoms with Gasteiger partial charge in [-0.2, -0.15) is 0 Å². The number of amides is 1. The first-order valence-corrected chi connectivity index (χ1v) is 7.21. The van der Waals surface area contributed by atoms with E-state index in [4.69, 9.17) is 5.73 Å². The minimum Gasteiger partial charge on any atom is -0.365 e. The molecule has 100 valence electrons. The van der Waals surface area contributed by atoms with Crippen molar-refractivity contribution < 1.29 is 4.79 Å². The summed E-state index contributed by atoms with van der Waals surface area (Å²) in [5.74, 6) is 0.433. The maximum Gasteiger partial charge on any atom is 0.273 e. The van der Waals surface area contributed by atoms with Crippen molar-refractivity contribution in [3.05, 3.63) is 11.1 Å². The molecule has 1 aromatic heterocycles. The SMILES string of the molecule is CCC[C@H]1CN(C(=O)c2csc(NC)n2)C[C@@H]1N. The molecule has 2 rings (SSSR count). The van der Waals surface area contributed by atoms with Gasteiger partial charge in [0, 0.05) is 31.6 Å². The van der Waals surface area contributed by atoms with E-state index in [9.17, 15) is 4.79 Å². The van der Waals surface area contributed by atoms with E-state index in [1.807, 2.05) is 4.90 Å². The number of anilines is 1. The van der Waals surface area contributed by atoms with E-state index in [1.54, 1.807) is 12.4 Å². The molecule has 6 heteroatoms. The van der Waals surface area contributed by atoms with E-state index >= 15 is 0 Å². The average Bonchev–Trinajstić information content (AvgIpc) is 2.96. The highest BCUT2D eigenvalue weighted by atomic mass is 32.1. The number of carbonyl (C=O) groups excluding carboxylic acids is 1. The predicted octanol–water partition coefficient (Wildman–Crippen LogP) is 1.38. The van der Waals surface area contributed by atoms with Crippen LogP contribution in [0.1, 0.15) is 30.3 Å². The minimum absolute atomic E-state index is 0.00167. The van der Waals surface area contributed by atoms with E-state index in [2.05, 4.69) is 17.2 Å². The molecule has 1 amide bonds. The number of hydrogen-bond acceptors (Lipinski definition) is 5. The Morgan fingerprint density at radius 2 is 2.44 bits per heavy atom. The van der Waals surface area contributed by atoms with E-state index in [0.717, 1.165) is 24.5 Å². The molecular formula is C12H20N4OS. The standard InChI is InChI=1S/C12H20N4OS/c1-3-4-8-5-16(6-9(8)13)11(17)10-7-18-12(14-2)15-10/h7-9H,3-6,13H2,1-2H3,(H,14,15)/t8-,9-/m0/s1. The second-order valence-corrected chi connectivity index (χ2v) is 5.57. The van der Waals surface area contributed by atoms with Crippen LogP contribution in [0, 0.1) is 5.92 Å². The number of aromatic nitrogens is 1. The molecule has 0 saturated carbocycles. The number of nitrogens with two attached hydrogens (primary N) is 1. The van der Waals surface area contributed by atoms with E-state index in [0.29, 0.717) is 18.2 Å². The largest absolute Gasteiger partial charge is 0.365 e. The van der Waals surface area contributed by atoms with Crippen LogP contribution in [0.5, 0.6) is 0 Å². The predicted molar refractivity (Wildman–Crippen MR) is 73.9 cm³/mol. The average molecular weight is 268 g/mol. The van der Waals surface area contributed by atoms with Crippen LogP contribution in [0.4, 0.5) is 5.13 Å². The molecule has 0 radical (unpaired) electrons. The summed E-state index contributed by atoms with van der Waals surface area (Å²) in [4.78, 5) is 18.3. The van der Waals surface area contributed by atoms with Crippen LogP contribution in [-0.4, -0.2) is 42.0 Å². The van der Waals surface area contributed by atoms with E-state index in [-0.39, 0.29) is 11.9 Å². The molecule has 1 aromatic rings. The zero-order valence-corrected chi connectivity index (χ0v) is 11.7. The van der Waals surface area contributed by atoms with Gasteiger partial charge in [0.2, 0.25) is 0 Å². The van der Waals surface area contributed by atoms with Crippen molar-refractivity contribution >= 4 is 22.4 Å². The van der Waals surface area contributed by atoms with Crippen molar-refractivity contribution in [1.29, 1.82) is 0 Å². The maximum atomic E-state index is 12.3. The Bertz CT molecular complexity index is 420. The van der Waals surface area contributed by atoms with Crippen LogP contribution in [0.3, 0.4) is 0 Å². The smallest absolute Gasteiger partial charge is 0.273 e. The van der Waals surface area contributed by atoms with E-state index in [1.165, 1.54) is 11.3 Å². The minimum atomic E-state index is 0.00167. The van der Waals surface area contributed by atoms with Crippen molar-refractivity contribution in [3.63, 3.8) is 0 Å². The first-order chi connectivity index (χ1) is 8.65. The highest BCUT2D eigenvalue weighted by Crippen LogP contribution is 2.23. The lowest BCUT2D eigenvalue weighted by Gasteiger charge is -2.14. The van der Waals surface area contributed by atoms with Crippen molar-refractivity contribution in [2.45, 2.75) is 25.8 Å². The third kappa shape index (κ3) is 2.64. The lowest BCUT2D eigenvalue weighted by atomic mass is 9.99. The molecule has 0 aliphatic carbocycles. The third-order valence-electron chi connectivity index (χ3n) is 3.38. The van der Waals surface area contributed by atoms with Gasteiger partial charge in [0.1, 0.15) is 5.69 Å². The third-order valence-corrected chi connectivity index (χ3v) is 4.24. The molecule has 5 nitrogen and oxygen atoms in total. The fourth-order valence-electron chi connectivity index (χ4n) is 2.39. The molecule has 1 aliphatic heterocycles. The molecule has 1 aliphatic rings. The summed E-state index contributed by atoms with van der Waals surface area (Å²) in [6.07, 6.45) is 2.20. The first kappa shape index (κ1) is 13.3. The van der Waals surface area contributed by atoms with Crippen LogP contribution >= 0.6 is 11.3 Å². The second kappa shape index (κ2) is 5.67. The summed E-state index contributed by atoms with van der Waals surface area (Å²) in [6.45, 7) is 3.56. The lowest BCUT2D eigenvalue weighted by Crippen LogP contribution is -2.32. The van der Waals surface area contributed by atoms with Gasteiger partial charge in [0.05, 0.1) is 0 Å². The Labute approximate surface area is 111 Å². The number of nitrogens with one attached hydrogen (secondary N) is 1. The van der Waals surface area contributed by atoms with Crippen molar-refractivity contribution in [1.82, 2.24) is 9.88 Å². The summed E-state index contributed by atoms with van der Waals surface area (Å²) in [5, 5.41) is 5.51. The van der Waals surface area contributed by atoms with Gasteiger partial charge < -0.3 is 16.0 Å². The summed E-state index contributed by atoms with van der Waals surface area (Å²) in [6, 6.07) is 0.108. The molecule has 2 atom stereocenters. The van der Waals surface area contributed by atoms with Gasteiger partial charge in [-0.25, -0.2) is 4.98 Å². The van der Waals surface area contributed by atoms with E-state index < -0.39 is 0 Å². The number of carbonyl (C=O) groups is 1. The molecule has 0 aromatic carbocycles. The van der Waals surface area contributed by atoms with Gasteiger partial charge in [-0.05, 0) is 12.3 Å². The van der Waals surface area contributed by atoms with Crippen LogP contribution in [-0.2, 0) is 0 Å². The Kier molecular flexibility index (Phi) is 4.19. The lowest BCUT2D eigenvalue weighted by molar-refractivity contribution is 0.0780. The summed E-state index contributed by atoms with van der Waals surface area (Å²) < 4.78 is 0. The topological polar surface area (TPSA) is 71.2 Å². The first-order valence-electron chi connectivity index (χ1n) is 6.33. The number of rotatable bonds is 4. The highest BCUT2D eigenvalue weighted by Gasteiger charge is 2.33. The molecular weight excluding hydrogens is 248 g/mol. The Balaban J connectivity index is 2.02. The van der Waals surface area contributed by atoms with Crippen molar-refractivity contribution in [2.75, 3.05) is 25.5 Å². The summed E-state index contributed by atoms with van der Waals surface area (Å²) in [7, 11) is 1.80. The Morgan fingerprint density at radius 3 is 3.06 bits per heavy atom. The zero-order valence-electron chi connectivity index (χ0n) is 10.8. The highest BCUT2D eigenvalue weighted by molar-refractivity contribution is 7.13. The quantitative estimate of drug-likeness (QED) is 0.865. The van der Waals surface area contributed by atoms with Gasteiger partial charge in [-0.15, -0.1) is 11.3 Å². The number of nitrogens with zero attached hydrogens (tertiary/aromatic N) is 2. The molecule has 0 bridgehead atoms. The second-order valence-electron chi connectivity index (χ2n) is 4.71. The molecule has 18 heavy (non-hydrogen) atoms. The van der Waals surface area contributed by atoms with Gasteiger partial charge in [0.15, 0.2) is 5.13 Å². The summed E-state index contributed by atoms with van der Waals surface area (Å²) >= 11 is 1.45. The zero-order chi connectivity index (χ0) is 13.1. The fourth-order valence-corrected chi connectivity index (χ4v) is 3.03. The number of thiazole rings is 1.